The number of imidazole rings is 1. The van der Waals surface area contributed by atoms with Crippen molar-refractivity contribution in [3.8, 4) is 0 Å². The fourth-order valence-electron chi connectivity index (χ4n) is 7.53. The van der Waals surface area contributed by atoms with Gasteiger partial charge in [-0.25, -0.2) is 0 Å². The molecule has 0 amide bonds. The molecule has 29 heavy (non-hydrogen) atoms. The van der Waals surface area contributed by atoms with Crippen molar-refractivity contribution in [1.29, 1.82) is 0 Å². The largest absolute Gasteiger partial charge is 0.337 e. The third-order valence-electron chi connectivity index (χ3n) is 7.87. The van der Waals surface area contributed by atoms with E-state index in [-0.39, 0.29) is 5.54 Å². The van der Waals surface area contributed by atoms with Crippen LogP contribution in [0.3, 0.4) is 0 Å². The number of rotatable bonds is 2. The van der Waals surface area contributed by atoms with Crippen LogP contribution in [0.25, 0.3) is 0 Å². The average Bonchev–Trinajstić information content (AvgIpc) is 2.99. The number of H-pyrrole nitrogens is 2. The Balaban J connectivity index is 0.000000144. The molecule has 2 unspecified atom stereocenters. The van der Waals surface area contributed by atoms with E-state index < -0.39 is 0 Å². The number of aryl methyl sites for hydroxylation is 1. The highest BCUT2D eigenvalue weighted by atomic mass is 32.1. The number of nitrogens with two attached hydrogens (primary N) is 1. The lowest BCUT2D eigenvalue weighted by atomic mass is 9.43. The topological polar surface area (TPSA) is 57.6 Å². The number of hydrogen-bond acceptors (Lipinski definition) is 2. The average molecular weight is 412 g/mol. The van der Waals surface area contributed by atoms with Crippen LogP contribution in [-0.2, 0) is 0 Å². The molecule has 4 bridgehead atoms. The maximum Gasteiger partial charge on any atom is 0.174 e. The van der Waals surface area contributed by atoms with Crippen LogP contribution < -0.4 is 5.73 Å². The van der Waals surface area contributed by atoms with Crippen LogP contribution in [0.4, 0.5) is 0 Å². The first-order valence-electron chi connectivity index (χ1n) is 11.1. The lowest BCUT2D eigenvalue weighted by Crippen LogP contribution is -2.62. The van der Waals surface area contributed by atoms with E-state index in [9.17, 15) is 0 Å². The first-order valence-corrected chi connectivity index (χ1v) is 11.5. The third-order valence-corrected chi connectivity index (χ3v) is 8.09. The van der Waals surface area contributed by atoms with Gasteiger partial charge in [-0.1, -0.05) is 39.0 Å². The molecule has 0 spiro atoms. The Morgan fingerprint density at radius 1 is 1.07 bits per heavy atom. The van der Waals surface area contributed by atoms with Gasteiger partial charge >= 0.3 is 0 Å². The van der Waals surface area contributed by atoms with Crippen LogP contribution in [0, 0.1) is 35.4 Å². The van der Waals surface area contributed by atoms with Crippen LogP contribution in [0.2, 0.25) is 0 Å². The Bertz CT molecular complexity index is 904. The maximum atomic E-state index is 6.49. The summed E-state index contributed by atoms with van der Waals surface area (Å²) in [5.74, 6) is 1.30. The smallest absolute Gasteiger partial charge is 0.174 e. The van der Waals surface area contributed by atoms with E-state index in [2.05, 4.69) is 62.8 Å². The summed E-state index contributed by atoms with van der Waals surface area (Å²) < 4.78 is 0.687. The minimum absolute atomic E-state index is 0.225. The number of aromatic amines is 2. The molecule has 1 aromatic carbocycles. The van der Waals surface area contributed by atoms with Crippen molar-refractivity contribution in [2.45, 2.75) is 84.6 Å². The Kier molecular flexibility index (Phi) is 5.10. The van der Waals surface area contributed by atoms with Crippen molar-refractivity contribution >= 4 is 12.2 Å². The Hall–Kier alpha value is -1.39. The summed E-state index contributed by atoms with van der Waals surface area (Å²) in [6, 6.07) is 6.43. The molecular formula is C25H37N3S. The van der Waals surface area contributed by atoms with E-state index in [1.54, 1.807) is 0 Å². The predicted octanol–water partition coefficient (Wildman–Crippen LogP) is 6.54. The van der Waals surface area contributed by atoms with Crippen LogP contribution >= 0.6 is 12.2 Å². The second-order valence-corrected chi connectivity index (χ2v) is 11.6. The van der Waals surface area contributed by atoms with Gasteiger partial charge in [0, 0.05) is 23.3 Å². The molecule has 4 N–H and O–H groups in total. The number of hydrogen-bond donors (Lipinski definition) is 3. The molecule has 1 heterocycles. The van der Waals surface area contributed by atoms with E-state index in [1.807, 2.05) is 6.20 Å². The molecular weight excluding hydrogens is 374 g/mol. The van der Waals surface area contributed by atoms with Gasteiger partial charge in [0.2, 0.25) is 0 Å². The van der Waals surface area contributed by atoms with Crippen LogP contribution in [0.15, 0.2) is 24.4 Å². The maximum absolute atomic E-state index is 6.49. The van der Waals surface area contributed by atoms with Gasteiger partial charge in [0.25, 0.3) is 0 Å². The van der Waals surface area contributed by atoms with Gasteiger partial charge in [-0.2, -0.15) is 0 Å². The number of aromatic nitrogens is 2. The van der Waals surface area contributed by atoms with Crippen molar-refractivity contribution in [3.05, 3.63) is 51.6 Å². The highest BCUT2D eigenvalue weighted by Crippen LogP contribution is 2.65. The minimum atomic E-state index is 0.225. The van der Waals surface area contributed by atoms with Crippen molar-refractivity contribution in [2.75, 3.05) is 0 Å². The zero-order valence-electron chi connectivity index (χ0n) is 18.7. The van der Waals surface area contributed by atoms with E-state index in [4.69, 9.17) is 18.0 Å². The van der Waals surface area contributed by atoms with E-state index >= 15 is 0 Å². The molecule has 0 saturated heterocycles. The number of benzene rings is 1. The molecule has 6 rings (SSSR count). The van der Waals surface area contributed by atoms with Crippen LogP contribution in [0.1, 0.15) is 87.6 Å². The number of nitrogens with one attached hydrogen (secondary N) is 2. The summed E-state index contributed by atoms with van der Waals surface area (Å²) in [5, 5.41) is 0. The molecule has 1 aromatic heterocycles. The molecule has 4 saturated carbocycles. The Morgan fingerprint density at radius 2 is 1.72 bits per heavy atom. The van der Waals surface area contributed by atoms with E-state index in [0.29, 0.717) is 21.5 Å². The zero-order chi connectivity index (χ0) is 21.0. The monoisotopic (exact) mass is 411 g/mol. The van der Waals surface area contributed by atoms with Gasteiger partial charge in [0.05, 0.1) is 0 Å². The fourth-order valence-corrected chi connectivity index (χ4v) is 7.70. The summed E-state index contributed by atoms with van der Waals surface area (Å²) >= 11 is 5.05. The molecule has 158 valence electrons. The zero-order valence-corrected chi connectivity index (χ0v) is 19.5. The summed E-state index contributed by atoms with van der Waals surface area (Å²) in [5.41, 5.74) is 13.1. The first-order chi connectivity index (χ1) is 13.5. The second kappa shape index (κ2) is 7.09. The molecule has 4 heteroatoms. The summed E-state index contributed by atoms with van der Waals surface area (Å²) in [6.07, 6.45) is 10.2. The lowest BCUT2D eigenvalue weighted by Gasteiger charge is -2.64. The predicted molar refractivity (Wildman–Crippen MR) is 124 cm³/mol. The van der Waals surface area contributed by atoms with E-state index in [1.165, 1.54) is 55.2 Å². The SMILES string of the molecule is C[C@]12CC3CC(N)(C1)C[C@@](C)(C3)C2.Cc1cccc([C@H](C)c2c[nH]c(=S)[nH]2)c1C. The molecule has 3 nitrogen and oxygen atoms in total. The minimum Gasteiger partial charge on any atom is -0.337 e. The summed E-state index contributed by atoms with van der Waals surface area (Å²) in [4.78, 5) is 6.19. The Labute approximate surface area is 180 Å². The summed E-state index contributed by atoms with van der Waals surface area (Å²) in [7, 11) is 0. The standard InChI is InChI=1S/C13H16N2S.C12H21N/c1-8-5-4-6-11(9(8)2)10(3)12-7-14-13(16)15-12;1-10-3-9-4-11(2,6-10)8-12(13,5-9)7-10/h4-7,10H,1-3H3,(H2,14,15,16);9H,3-8,13H2,1-2H3/t10-;9?,10-,11+,12?/m0./s1. The van der Waals surface area contributed by atoms with E-state index in [0.717, 1.165) is 11.6 Å². The first kappa shape index (κ1) is 20.9. The third kappa shape index (κ3) is 4.11. The summed E-state index contributed by atoms with van der Waals surface area (Å²) in [6.45, 7) is 11.4. The van der Waals surface area contributed by atoms with Gasteiger partial charge in [-0.15, -0.1) is 0 Å². The normalized spacial score (nSPS) is 35.9. The molecule has 0 aliphatic heterocycles. The van der Waals surface area contributed by atoms with Gasteiger partial charge < -0.3 is 15.7 Å². The quantitative estimate of drug-likeness (QED) is 0.492. The molecule has 4 aliphatic rings. The van der Waals surface area contributed by atoms with Crippen molar-refractivity contribution in [2.24, 2.45) is 22.5 Å². The molecule has 0 radical (unpaired) electrons. The van der Waals surface area contributed by atoms with Crippen molar-refractivity contribution in [3.63, 3.8) is 0 Å². The molecule has 4 aliphatic carbocycles. The second-order valence-electron chi connectivity index (χ2n) is 11.2. The molecule has 5 atom stereocenters. The van der Waals surface area contributed by atoms with Gasteiger partial charge in [-0.3, -0.25) is 0 Å². The molecule has 4 fully saturated rings. The van der Waals surface area contributed by atoms with Gasteiger partial charge in [-0.05, 0) is 98.0 Å². The van der Waals surface area contributed by atoms with Crippen molar-refractivity contribution < 1.29 is 0 Å². The van der Waals surface area contributed by atoms with Gasteiger partial charge in [0.15, 0.2) is 4.77 Å². The van der Waals surface area contributed by atoms with Crippen molar-refractivity contribution in [1.82, 2.24) is 9.97 Å². The van der Waals surface area contributed by atoms with Gasteiger partial charge in [0.1, 0.15) is 0 Å². The highest BCUT2D eigenvalue weighted by Gasteiger charge is 2.58. The lowest BCUT2D eigenvalue weighted by molar-refractivity contribution is -0.104. The fraction of sp³-hybridized carbons (Fsp3) is 0.640. The van der Waals surface area contributed by atoms with Crippen LogP contribution in [-0.4, -0.2) is 15.5 Å². The van der Waals surface area contributed by atoms with Crippen LogP contribution in [0.5, 0.6) is 0 Å². The highest BCUT2D eigenvalue weighted by molar-refractivity contribution is 7.71. The Morgan fingerprint density at radius 3 is 2.24 bits per heavy atom. The molecule has 2 aromatic rings.